The quantitative estimate of drug-likeness (QED) is 0.784. The van der Waals surface area contributed by atoms with E-state index in [1.807, 2.05) is 20.8 Å². The van der Waals surface area contributed by atoms with Crippen molar-refractivity contribution in [2.75, 3.05) is 7.11 Å². The Morgan fingerprint density at radius 2 is 1.73 bits per heavy atom. The van der Waals surface area contributed by atoms with E-state index >= 15 is 0 Å². The summed E-state index contributed by atoms with van der Waals surface area (Å²) in [6, 6.07) is 4.95. The molecule has 0 aliphatic heterocycles. The number of methoxy groups -OCH3 is 1. The Morgan fingerprint density at radius 3 is 2.27 bits per heavy atom. The second-order valence-corrected chi connectivity index (χ2v) is 8.49. The summed E-state index contributed by atoms with van der Waals surface area (Å²) >= 11 is 0. The molecule has 0 amide bonds. The highest BCUT2D eigenvalue weighted by molar-refractivity contribution is 7.86. The minimum absolute atomic E-state index is 0.182. The van der Waals surface area contributed by atoms with Crippen LogP contribution < -0.4 is 4.74 Å². The van der Waals surface area contributed by atoms with Crippen LogP contribution in [-0.4, -0.2) is 21.6 Å². The lowest BCUT2D eigenvalue weighted by Crippen LogP contribution is -2.22. The molecule has 0 atom stereocenters. The van der Waals surface area contributed by atoms with Gasteiger partial charge in [-0.1, -0.05) is 40.0 Å². The maximum atomic E-state index is 12.5. The Bertz CT molecular complexity index is 608. The summed E-state index contributed by atoms with van der Waals surface area (Å²) in [6.45, 7) is 6.09. The minimum Gasteiger partial charge on any atom is -0.496 e. The Hall–Kier alpha value is -1.07. The number of hydrogen-bond donors (Lipinski definition) is 0. The van der Waals surface area contributed by atoms with Gasteiger partial charge >= 0.3 is 0 Å². The van der Waals surface area contributed by atoms with Crippen LogP contribution >= 0.6 is 0 Å². The summed E-state index contributed by atoms with van der Waals surface area (Å²) in [5.74, 6) is 0.698. The fourth-order valence-electron chi connectivity index (χ4n) is 2.82. The first-order valence-electron chi connectivity index (χ1n) is 7.86. The maximum Gasteiger partial charge on any atom is 0.297 e. The van der Waals surface area contributed by atoms with Gasteiger partial charge in [-0.15, -0.1) is 0 Å². The van der Waals surface area contributed by atoms with Gasteiger partial charge in [-0.25, -0.2) is 0 Å². The highest BCUT2D eigenvalue weighted by Gasteiger charge is 2.26. The van der Waals surface area contributed by atoms with Crippen molar-refractivity contribution >= 4 is 10.1 Å². The van der Waals surface area contributed by atoms with E-state index in [2.05, 4.69) is 0 Å². The van der Waals surface area contributed by atoms with Gasteiger partial charge < -0.3 is 4.74 Å². The molecule has 4 nitrogen and oxygen atoms in total. The topological polar surface area (TPSA) is 52.6 Å². The molecule has 124 valence electrons. The molecule has 0 bridgehead atoms. The molecule has 0 radical (unpaired) electrons. The molecule has 0 heterocycles. The Morgan fingerprint density at radius 1 is 1.09 bits per heavy atom. The number of ether oxygens (including phenoxy) is 1. The van der Waals surface area contributed by atoms with Crippen molar-refractivity contribution in [3.05, 3.63) is 23.8 Å². The summed E-state index contributed by atoms with van der Waals surface area (Å²) in [4.78, 5) is 0.212. The largest absolute Gasteiger partial charge is 0.496 e. The zero-order valence-electron chi connectivity index (χ0n) is 13.9. The summed E-state index contributed by atoms with van der Waals surface area (Å²) in [5, 5.41) is 0. The summed E-state index contributed by atoms with van der Waals surface area (Å²) in [7, 11) is -2.13. The predicted molar refractivity (Wildman–Crippen MR) is 86.8 cm³/mol. The van der Waals surface area contributed by atoms with E-state index < -0.39 is 10.1 Å². The third kappa shape index (κ3) is 4.02. The monoisotopic (exact) mass is 326 g/mol. The van der Waals surface area contributed by atoms with E-state index in [4.69, 9.17) is 8.92 Å². The molecular formula is C17H26O4S. The Kier molecular flexibility index (Phi) is 5.17. The molecule has 1 aromatic rings. The van der Waals surface area contributed by atoms with Crippen LogP contribution in [0.4, 0.5) is 0 Å². The Balaban J connectivity index is 2.30. The highest BCUT2D eigenvalue weighted by atomic mass is 32.2. The van der Waals surface area contributed by atoms with Gasteiger partial charge in [0.25, 0.3) is 10.1 Å². The van der Waals surface area contributed by atoms with Crippen LogP contribution in [-0.2, 0) is 19.7 Å². The maximum absolute atomic E-state index is 12.5. The van der Waals surface area contributed by atoms with Crippen LogP contribution in [0.2, 0.25) is 0 Å². The van der Waals surface area contributed by atoms with Gasteiger partial charge in [0, 0.05) is 5.56 Å². The van der Waals surface area contributed by atoms with Gasteiger partial charge in [0.1, 0.15) is 5.75 Å². The van der Waals surface area contributed by atoms with Crippen molar-refractivity contribution in [1.82, 2.24) is 0 Å². The van der Waals surface area contributed by atoms with Gasteiger partial charge in [0.2, 0.25) is 0 Å². The van der Waals surface area contributed by atoms with Crippen LogP contribution in [0.15, 0.2) is 23.1 Å². The lowest BCUT2D eigenvalue weighted by atomic mass is 9.86. The standard InChI is InChI=1S/C17H26O4S/c1-17(2,3)15-12-14(10-11-16(15)20-4)22(18,19)21-13-8-6-5-7-9-13/h10-13H,5-9H2,1-4H3. The van der Waals surface area contributed by atoms with Gasteiger partial charge in [-0.2, -0.15) is 8.42 Å². The first kappa shape index (κ1) is 17.3. The van der Waals surface area contributed by atoms with E-state index in [0.29, 0.717) is 5.75 Å². The Labute approximate surface area is 134 Å². The molecule has 0 aromatic heterocycles. The van der Waals surface area contributed by atoms with Crippen molar-refractivity contribution in [3.63, 3.8) is 0 Å². The summed E-state index contributed by atoms with van der Waals surface area (Å²) in [6.07, 6.45) is 4.70. The second-order valence-electron chi connectivity index (χ2n) is 6.92. The van der Waals surface area contributed by atoms with Crippen molar-refractivity contribution in [2.24, 2.45) is 0 Å². The van der Waals surface area contributed by atoms with Gasteiger partial charge in [-0.3, -0.25) is 4.18 Å². The van der Waals surface area contributed by atoms with Crippen LogP contribution in [0.1, 0.15) is 58.4 Å². The molecule has 22 heavy (non-hydrogen) atoms. The van der Waals surface area contributed by atoms with E-state index in [9.17, 15) is 8.42 Å². The van der Waals surface area contributed by atoms with Crippen LogP contribution in [0.3, 0.4) is 0 Å². The average molecular weight is 326 g/mol. The molecule has 5 heteroatoms. The normalized spacial score (nSPS) is 17.5. The lowest BCUT2D eigenvalue weighted by molar-refractivity contribution is 0.162. The number of rotatable bonds is 4. The van der Waals surface area contributed by atoms with Crippen molar-refractivity contribution in [2.45, 2.75) is 69.3 Å². The molecule has 0 N–H and O–H groups in total. The molecule has 1 aromatic carbocycles. The second kappa shape index (κ2) is 6.59. The first-order chi connectivity index (χ1) is 10.2. The van der Waals surface area contributed by atoms with Crippen molar-refractivity contribution in [3.8, 4) is 5.75 Å². The average Bonchev–Trinajstić information content (AvgIpc) is 2.46. The number of hydrogen-bond acceptors (Lipinski definition) is 4. The SMILES string of the molecule is COc1ccc(S(=O)(=O)OC2CCCCC2)cc1C(C)(C)C. The minimum atomic E-state index is -3.72. The molecule has 2 rings (SSSR count). The summed E-state index contributed by atoms with van der Waals surface area (Å²) in [5.41, 5.74) is 0.658. The van der Waals surface area contributed by atoms with Crippen molar-refractivity contribution in [1.29, 1.82) is 0 Å². The van der Waals surface area contributed by atoms with Gasteiger partial charge in [0.15, 0.2) is 0 Å². The summed E-state index contributed by atoms with van der Waals surface area (Å²) < 4.78 is 35.8. The van der Waals surface area contributed by atoms with E-state index in [-0.39, 0.29) is 16.4 Å². The van der Waals surface area contributed by atoms with Gasteiger partial charge in [0.05, 0.1) is 18.1 Å². The molecule has 0 saturated heterocycles. The van der Waals surface area contributed by atoms with Crippen LogP contribution in [0.25, 0.3) is 0 Å². The highest BCUT2D eigenvalue weighted by Crippen LogP contribution is 2.34. The number of benzene rings is 1. The van der Waals surface area contributed by atoms with Crippen LogP contribution in [0, 0.1) is 0 Å². The molecule has 0 spiro atoms. The third-order valence-electron chi connectivity index (χ3n) is 4.08. The van der Waals surface area contributed by atoms with Crippen LogP contribution in [0.5, 0.6) is 5.75 Å². The smallest absolute Gasteiger partial charge is 0.297 e. The molecular weight excluding hydrogens is 300 g/mol. The molecule has 1 fully saturated rings. The lowest BCUT2D eigenvalue weighted by Gasteiger charge is -2.24. The third-order valence-corrected chi connectivity index (χ3v) is 5.44. The molecule has 1 saturated carbocycles. The van der Waals surface area contributed by atoms with E-state index in [1.54, 1.807) is 25.3 Å². The molecule has 1 aliphatic carbocycles. The molecule has 0 unspecified atom stereocenters. The fraction of sp³-hybridized carbons (Fsp3) is 0.647. The van der Waals surface area contributed by atoms with E-state index in [0.717, 1.165) is 37.7 Å². The predicted octanol–water partition coefficient (Wildman–Crippen LogP) is 4.03. The first-order valence-corrected chi connectivity index (χ1v) is 9.26. The zero-order chi connectivity index (χ0) is 16.4. The molecule has 1 aliphatic rings. The van der Waals surface area contributed by atoms with E-state index in [1.165, 1.54) is 0 Å². The zero-order valence-corrected chi connectivity index (χ0v) is 14.7. The fourth-order valence-corrected chi connectivity index (χ4v) is 3.98. The van der Waals surface area contributed by atoms with Gasteiger partial charge in [-0.05, 0) is 36.5 Å². The van der Waals surface area contributed by atoms with Crippen molar-refractivity contribution < 1.29 is 17.3 Å².